The molecule has 2 fully saturated rings. The van der Waals surface area contributed by atoms with E-state index in [1.54, 1.807) is 0 Å². The minimum Gasteiger partial charge on any atom is -0.505 e. The molecule has 24 heavy (non-hydrogen) atoms. The van der Waals surface area contributed by atoms with Gasteiger partial charge in [0.1, 0.15) is 0 Å². The maximum atomic E-state index is 14.0. The highest BCUT2D eigenvalue weighted by atomic mass is 79.9. The highest BCUT2D eigenvalue weighted by molar-refractivity contribution is 9.10. The molecule has 0 aromatic heterocycles. The van der Waals surface area contributed by atoms with Gasteiger partial charge < -0.3 is 15.2 Å². The molecule has 2 aliphatic heterocycles. The minimum atomic E-state index is -0.559. The summed E-state index contributed by atoms with van der Waals surface area (Å²) in [6.07, 6.45) is 1.89. The molecule has 2 heterocycles. The third kappa shape index (κ3) is 4.96. The van der Waals surface area contributed by atoms with Crippen LogP contribution in [0.2, 0.25) is 0 Å². The standard InChI is InChI=1S/C16H22BrFN2O2.2ClH/c17-12-9-13(16(21)14(18)10-12)15(11-1-7-22-8-2-11)20-5-3-19-4-6-20;;/h9-11,15,19,21H,1-8H2;2*1H/t15-;;/m1../s1. The number of benzene rings is 1. The van der Waals surface area contributed by atoms with Crippen LogP contribution in [0.15, 0.2) is 16.6 Å². The third-order valence-corrected chi connectivity index (χ3v) is 5.09. The number of nitrogens with one attached hydrogen (secondary N) is 1. The van der Waals surface area contributed by atoms with Crippen molar-refractivity contribution in [1.29, 1.82) is 0 Å². The van der Waals surface area contributed by atoms with E-state index in [9.17, 15) is 9.50 Å². The molecule has 0 spiro atoms. The molecule has 0 saturated carbocycles. The van der Waals surface area contributed by atoms with Gasteiger partial charge in [0.05, 0.1) is 0 Å². The molecule has 0 unspecified atom stereocenters. The van der Waals surface area contributed by atoms with E-state index in [1.807, 2.05) is 6.07 Å². The first-order valence-corrected chi connectivity index (χ1v) is 8.66. The zero-order chi connectivity index (χ0) is 15.5. The van der Waals surface area contributed by atoms with Crippen LogP contribution in [0.25, 0.3) is 0 Å². The molecular weight excluding hydrogens is 422 g/mol. The largest absolute Gasteiger partial charge is 0.505 e. The van der Waals surface area contributed by atoms with E-state index < -0.39 is 5.82 Å². The average molecular weight is 446 g/mol. The Bertz CT molecular complexity index is 509. The van der Waals surface area contributed by atoms with Crippen LogP contribution < -0.4 is 5.32 Å². The van der Waals surface area contributed by atoms with Crippen LogP contribution in [0, 0.1) is 11.7 Å². The van der Waals surface area contributed by atoms with Gasteiger partial charge in [-0.3, -0.25) is 4.90 Å². The Labute approximate surface area is 163 Å². The number of phenols is 1. The summed E-state index contributed by atoms with van der Waals surface area (Å²) < 4.78 is 20.1. The number of hydrogen-bond donors (Lipinski definition) is 2. The molecule has 138 valence electrons. The number of nitrogens with zero attached hydrogens (tertiary/aromatic N) is 1. The second-order valence-corrected chi connectivity index (χ2v) is 6.92. The van der Waals surface area contributed by atoms with Gasteiger partial charge in [-0.2, -0.15) is 0 Å². The number of phenolic OH excluding ortho intramolecular Hbond substituents is 1. The van der Waals surface area contributed by atoms with Gasteiger partial charge in [-0.15, -0.1) is 24.8 Å². The number of hydrogen-bond acceptors (Lipinski definition) is 4. The number of halogens is 4. The first-order valence-electron chi connectivity index (χ1n) is 7.87. The summed E-state index contributed by atoms with van der Waals surface area (Å²) in [5, 5.41) is 13.6. The lowest BCUT2D eigenvalue weighted by Gasteiger charge is -2.41. The van der Waals surface area contributed by atoms with E-state index in [0.29, 0.717) is 16.0 Å². The summed E-state index contributed by atoms with van der Waals surface area (Å²) in [6.45, 7) is 5.16. The fraction of sp³-hybridized carbons (Fsp3) is 0.625. The van der Waals surface area contributed by atoms with Crippen molar-refractivity contribution in [1.82, 2.24) is 10.2 Å². The molecule has 8 heteroatoms. The van der Waals surface area contributed by atoms with E-state index in [2.05, 4.69) is 26.1 Å². The van der Waals surface area contributed by atoms with Crippen LogP contribution >= 0.6 is 40.7 Å². The first kappa shape index (κ1) is 21.9. The molecule has 1 atom stereocenters. The van der Waals surface area contributed by atoms with E-state index in [-0.39, 0.29) is 36.6 Å². The highest BCUT2D eigenvalue weighted by Gasteiger charge is 2.33. The summed E-state index contributed by atoms with van der Waals surface area (Å²) in [7, 11) is 0. The Morgan fingerprint density at radius 2 is 1.83 bits per heavy atom. The quantitative estimate of drug-likeness (QED) is 0.747. The van der Waals surface area contributed by atoms with Crippen molar-refractivity contribution in [3.05, 3.63) is 28.0 Å². The SMILES string of the molecule is Cl.Cl.Oc1c(F)cc(Br)cc1[C@@H](C1CCOCC1)N1CCNCC1. The van der Waals surface area contributed by atoms with Gasteiger partial charge >= 0.3 is 0 Å². The monoisotopic (exact) mass is 444 g/mol. The van der Waals surface area contributed by atoms with Crippen molar-refractivity contribution in [3.63, 3.8) is 0 Å². The molecule has 0 bridgehead atoms. The van der Waals surface area contributed by atoms with Crippen LogP contribution in [0.5, 0.6) is 5.75 Å². The number of rotatable bonds is 3. The van der Waals surface area contributed by atoms with E-state index in [4.69, 9.17) is 4.74 Å². The molecule has 0 amide bonds. The summed E-state index contributed by atoms with van der Waals surface area (Å²) >= 11 is 3.36. The van der Waals surface area contributed by atoms with Gasteiger partial charge in [0, 0.05) is 55.5 Å². The topological polar surface area (TPSA) is 44.7 Å². The lowest BCUT2D eigenvalue weighted by Crippen LogP contribution is -2.47. The van der Waals surface area contributed by atoms with Crippen molar-refractivity contribution >= 4 is 40.7 Å². The maximum Gasteiger partial charge on any atom is 0.166 e. The fourth-order valence-electron chi connectivity index (χ4n) is 3.55. The predicted molar refractivity (Wildman–Crippen MR) is 101 cm³/mol. The second-order valence-electron chi connectivity index (χ2n) is 6.01. The van der Waals surface area contributed by atoms with Gasteiger partial charge in [-0.05, 0) is 30.9 Å². The Kier molecular flexibility index (Phi) is 9.27. The molecule has 3 rings (SSSR count). The Morgan fingerprint density at radius 3 is 2.46 bits per heavy atom. The Balaban J connectivity index is 0.00000144. The molecule has 0 aliphatic carbocycles. The molecule has 1 aromatic rings. The summed E-state index contributed by atoms with van der Waals surface area (Å²) in [4.78, 5) is 2.37. The van der Waals surface area contributed by atoms with Crippen molar-refractivity contribution in [2.75, 3.05) is 39.4 Å². The van der Waals surface area contributed by atoms with Crippen LogP contribution in [0.3, 0.4) is 0 Å². The van der Waals surface area contributed by atoms with E-state index in [0.717, 1.165) is 52.2 Å². The van der Waals surface area contributed by atoms with Crippen molar-refractivity contribution in [3.8, 4) is 5.75 Å². The summed E-state index contributed by atoms with van der Waals surface area (Å²) in [6, 6.07) is 3.22. The average Bonchev–Trinajstić information content (AvgIpc) is 2.54. The Morgan fingerprint density at radius 1 is 1.21 bits per heavy atom. The number of ether oxygens (including phenoxy) is 1. The van der Waals surface area contributed by atoms with Gasteiger partial charge in [-0.25, -0.2) is 4.39 Å². The number of piperazine rings is 1. The fourth-order valence-corrected chi connectivity index (χ4v) is 4.00. The number of aromatic hydroxyl groups is 1. The molecular formula is C16H24BrCl2FN2O2. The van der Waals surface area contributed by atoms with E-state index in [1.165, 1.54) is 6.07 Å². The zero-order valence-corrected chi connectivity index (χ0v) is 16.6. The maximum absolute atomic E-state index is 14.0. The summed E-state index contributed by atoms with van der Waals surface area (Å²) in [5.41, 5.74) is 0.695. The lowest BCUT2D eigenvalue weighted by molar-refractivity contribution is 0.0205. The van der Waals surface area contributed by atoms with Crippen LogP contribution in [0.1, 0.15) is 24.4 Å². The predicted octanol–water partition coefficient (Wildman–Crippen LogP) is 3.51. The summed E-state index contributed by atoms with van der Waals surface area (Å²) in [5.74, 6) is -0.388. The zero-order valence-electron chi connectivity index (χ0n) is 13.3. The molecule has 4 nitrogen and oxygen atoms in total. The molecule has 2 saturated heterocycles. The molecule has 1 aromatic carbocycles. The highest BCUT2D eigenvalue weighted by Crippen LogP contribution is 2.41. The van der Waals surface area contributed by atoms with Gasteiger partial charge in [0.25, 0.3) is 0 Å². The van der Waals surface area contributed by atoms with Gasteiger partial charge in [-0.1, -0.05) is 15.9 Å². The van der Waals surface area contributed by atoms with Crippen molar-refractivity contribution < 1.29 is 14.2 Å². The van der Waals surface area contributed by atoms with Gasteiger partial charge in [0.2, 0.25) is 0 Å². The molecule has 2 aliphatic rings. The van der Waals surface area contributed by atoms with Crippen molar-refractivity contribution in [2.24, 2.45) is 5.92 Å². The smallest absolute Gasteiger partial charge is 0.166 e. The van der Waals surface area contributed by atoms with Crippen LogP contribution in [-0.2, 0) is 4.74 Å². The normalized spacial score (nSPS) is 20.8. The van der Waals surface area contributed by atoms with Gasteiger partial charge in [0.15, 0.2) is 11.6 Å². The second kappa shape index (κ2) is 10.1. The first-order chi connectivity index (χ1) is 10.7. The van der Waals surface area contributed by atoms with Crippen LogP contribution in [-0.4, -0.2) is 49.4 Å². The Hall–Kier alpha value is -0.110. The lowest BCUT2D eigenvalue weighted by atomic mass is 9.85. The van der Waals surface area contributed by atoms with Crippen molar-refractivity contribution in [2.45, 2.75) is 18.9 Å². The minimum absolute atomic E-state index is 0. The third-order valence-electron chi connectivity index (χ3n) is 4.63. The molecule has 0 radical (unpaired) electrons. The van der Waals surface area contributed by atoms with Crippen LogP contribution in [0.4, 0.5) is 4.39 Å². The molecule has 2 N–H and O–H groups in total. The van der Waals surface area contributed by atoms with E-state index >= 15 is 0 Å².